The molecule has 2 aromatic carbocycles. The molecule has 0 saturated carbocycles. The van der Waals surface area contributed by atoms with E-state index in [0.29, 0.717) is 34.3 Å². The van der Waals surface area contributed by atoms with Gasteiger partial charge in [-0.25, -0.2) is 4.79 Å². The first kappa shape index (κ1) is 22.5. The smallest absolute Gasteiger partial charge is 0.312 e. The Morgan fingerprint density at radius 3 is 2.34 bits per heavy atom. The number of nitrogens with one attached hydrogen (secondary N) is 2. The molecule has 0 aliphatic carbocycles. The summed E-state index contributed by atoms with van der Waals surface area (Å²) in [6, 6.07) is 10.9. The van der Waals surface area contributed by atoms with Crippen LogP contribution in [-0.2, 0) is 11.3 Å². The van der Waals surface area contributed by atoms with Crippen LogP contribution in [0, 0.1) is 0 Å². The molecule has 7 nitrogen and oxygen atoms in total. The highest BCUT2D eigenvalue weighted by molar-refractivity contribution is 6.36. The third kappa shape index (κ3) is 6.96. The first-order valence-electron chi connectivity index (χ1n) is 8.96. The van der Waals surface area contributed by atoms with Gasteiger partial charge in [-0.15, -0.1) is 0 Å². The molecule has 9 heteroatoms. The van der Waals surface area contributed by atoms with Gasteiger partial charge in [-0.3, -0.25) is 9.59 Å². The van der Waals surface area contributed by atoms with Gasteiger partial charge in [0.15, 0.2) is 0 Å². The average Bonchev–Trinajstić information content (AvgIpc) is 2.68. The number of rotatable bonds is 8. The van der Waals surface area contributed by atoms with Crippen molar-refractivity contribution in [3.63, 3.8) is 0 Å². The van der Waals surface area contributed by atoms with E-state index in [1.165, 1.54) is 11.0 Å². The number of carbonyl (C=O) groups excluding carboxylic acids is 3. The van der Waals surface area contributed by atoms with Crippen molar-refractivity contribution >= 4 is 46.7 Å². The molecule has 4 amide bonds. The van der Waals surface area contributed by atoms with E-state index in [-0.39, 0.29) is 24.9 Å². The lowest BCUT2D eigenvalue weighted by Crippen LogP contribution is -2.38. The SMILES string of the molecule is CCCN(CC(=O)Nc1ccc(Cl)cc1Cl)C(=O)c1ccc(CNC(N)=O)cc1. The third-order valence-corrected chi connectivity index (χ3v) is 4.54. The van der Waals surface area contributed by atoms with Crippen LogP contribution in [0.2, 0.25) is 10.0 Å². The normalized spacial score (nSPS) is 10.3. The molecule has 2 aromatic rings. The zero-order valence-electron chi connectivity index (χ0n) is 15.9. The van der Waals surface area contributed by atoms with E-state index in [1.807, 2.05) is 6.92 Å². The van der Waals surface area contributed by atoms with Crippen LogP contribution >= 0.6 is 23.2 Å². The fourth-order valence-corrected chi connectivity index (χ4v) is 3.07. The summed E-state index contributed by atoms with van der Waals surface area (Å²) in [4.78, 5) is 37.5. The van der Waals surface area contributed by atoms with Crippen LogP contribution in [0.25, 0.3) is 0 Å². The van der Waals surface area contributed by atoms with Crippen LogP contribution in [0.4, 0.5) is 10.5 Å². The molecule has 2 rings (SSSR count). The predicted molar refractivity (Wildman–Crippen MR) is 114 cm³/mol. The minimum absolute atomic E-state index is 0.114. The molecule has 0 bridgehead atoms. The molecular weight excluding hydrogens is 415 g/mol. The first-order valence-corrected chi connectivity index (χ1v) is 9.72. The quantitative estimate of drug-likeness (QED) is 0.587. The van der Waals surface area contributed by atoms with Gasteiger partial charge >= 0.3 is 6.03 Å². The molecule has 154 valence electrons. The number of hydrogen-bond acceptors (Lipinski definition) is 3. The number of urea groups is 1. The summed E-state index contributed by atoms with van der Waals surface area (Å²) < 4.78 is 0. The zero-order valence-corrected chi connectivity index (χ0v) is 17.4. The van der Waals surface area contributed by atoms with Crippen LogP contribution in [0.5, 0.6) is 0 Å². The Bertz CT molecular complexity index is 888. The van der Waals surface area contributed by atoms with Crippen molar-refractivity contribution in [2.45, 2.75) is 19.9 Å². The van der Waals surface area contributed by atoms with E-state index in [9.17, 15) is 14.4 Å². The summed E-state index contributed by atoms with van der Waals surface area (Å²) >= 11 is 11.9. The van der Waals surface area contributed by atoms with Crippen LogP contribution in [0.15, 0.2) is 42.5 Å². The number of hydrogen-bond donors (Lipinski definition) is 3. The van der Waals surface area contributed by atoms with Gasteiger partial charge in [-0.05, 0) is 42.3 Å². The minimum atomic E-state index is -0.619. The fraction of sp³-hybridized carbons (Fsp3) is 0.250. The van der Waals surface area contributed by atoms with Crippen molar-refractivity contribution in [2.75, 3.05) is 18.4 Å². The topological polar surface area (TPSA) is 105 Å². The number of anilines is 1. The van der Waals surface area contributed by atoms with Crippen molar-refractivity contribution in [1.29, 1.82) is 0 Å². The maximum atomic E-state index is 12.8. The van der Waals surface area contributed by atoms with Gasteiger partial charge in [0, 0.05) is 23.7 Å². The molecule has 0 radical (unpaired) electrons. The molecule has 0 spiro atoms. The highest BCUT2D eigenvalue weighted by Crippen LogP contribution is 2.25. The van der Waals surface area contributed by atoms with Crippen molar-refractivity contribution in [3.8, 4) is 0 Å². The lowest BCUT2D eigenvalue weighted by atomic mass is 10.1. The molecule has 0 saturated heterocycles. The van der Waals surface area contributed by atoms with E-state index < -0.39 is 6.03 Å². The van der Waals surface area contributed by atoms with Gasteiger partial charge in [-0.2, -0.15) is 0 Å². The Hall–Kier alpha value is -2.77. The number of primary amides is 1. The molecule has 0 aliphatic heterocycles. The molecular formula is C20H22Cl2N4O3. The minimum Gasteiger partial charge on any atom is -0.352 e. The van der Waals surface area contributed by atoms with Gasteiger partial charge in [0.1, 0.15) is 6.54 Å². The lowest BCUT2D eigenvalue weighted by Gasteiger charge is -2.22. The zero-order chi connectivity index (χ0) is 21.4. The third-order valence-electron chi connectivity index (χ3n) is 3.99. The first-order chi connectivity index (χ1) is 13.8. The second-order valence-corrected chi connectivity index (χ2v) is 7.16. The number of halogens is 2. The highest BCUT2D eigenvalue weighted by atomic mass is 35.5. The molecule has 29 heavy (non-hydrogen) atoms. The number of nitrogens with two attached hydrogens (primary N) is 1. The van der Waals surface area contributed by atoms with Crippen LogP contribution in [0.3, 0.4) is 0 Å². The summed E-state index contributed by atoms with van der Waals surface area (Å²) in [5.74, 6) is -0.628. The maximum absolute atomic E-state index is 12.8. The van der Waals surface area contributed by atoms with Crippen molar-refractivity contribution < 1.29 is 14.4 Å². The Morgan fingerprint density at radius 2 is 1.76 bits per heavy atom. The number of carbonyl (C=O) groups is 3. The van der Waals surface area contributed by atoms with Crippen LogP contribution < -0.4 is 16.4 Å². The van der Waals surface area contributed by atoms with E-state index in [4.69, 9.17) is 28.9 Å². The van der Waals surface area contributed by atoms with Crippen LogP contribution in [0.1, 0.15) is 29.3 Å². The summed E-state index contributed by atoms with van der Waals surface area (Å²) in [5.41, 5.74) is 6.72. The molecule has 0 aliphatic rings. The Labute approximate surface area is 179 Å². The molecule has 0 aromatic heterocycles. The van der Waals surface area contributed by atoms with Gasteiger partial charge in [-0.1, -0.05) is 42.3 Å². The largest absolute Gasteiger partial charge is 0.352 e. The number of amides is 4. The van der Waals surface area contributed by atoms with Gasteiger partial charge < -0.3 is 21.3 Å². The van der Waals surface area contributed by atoms with E-state index >= 15 is 0 Å². The predicted octanol–water partition coefficient (Wildman–Crippen LogP) is 3.65. The maximum Gasteiger partial charge on any atom is 0.312 e. The van der Waals surface area contributed by atoms with Crippen molar-refractivity contribution in [3.05, 3.63) is 63.6 Å². The Balaban J connectivity index is 2.04. The Kier molecular flexibility index (Phi) is 8.30. The van der Waals surface area contributed by atoms with Gasteiger partial charge in [0.2, 0.25) is 5.91 Å². The summed E-state index contributed by atoms with van der Waals surface area (Å²) in [7, 11) is 0. The number of nitrogens with zero attached hydrogens (tertiary/aromatic N) is 1. The molecule has 0 fully saturated rings. The molecule has 0 heterocycles. The summed E-state index contributed by atoms with van der Waals surface area (Å²) in [6.45, 7) is 2.50. The second-order valence-electron chi connectivity index (χ2n) is 6.31. The van der Waals surface area contributed by atoms with Crippen molar-refractivity contribution in [1.82, 2.24) is 10.2 Å². The van der Waals surface area contributed by atoms with Gasteiger partial charge in [0.05, 0.1) is 10.7 Å². The fourth-order valence-electron chi connectivity index (χ4n) is 2.61. The van der Waals surface area contributed by atoms with E-state index in [0.717, 1.165) is 5.56 Å². The van der Waals surface area contributed by atoms with E-state index in [2.05, 4.69) is 10.6 Å². The molecule has 4 N–H and O–H groups in total. The van der Waals surface area contributed by atoms with Gasteiger partial charge in [0.25, 0.3) is 5.91 Å². The molecule has 0 atom stereocenters. The van der Waals surface area contributed by atoms with E-state index in [1.54, 1.807) is 36.4 Å². The Morgan fingerprint density at radius 1 is 1.07 bits per heavy atom. The monoisotopic (exact) mass is 436 g/mol. The lowest BCUT2D eigenvalue weighted by molar-refractivity contribution is -0.116. The average molecular weight is 437 g/mol. The summed E-state index contributed by atoms with van der Waals surface area (Å²) in [6.07, 6.45) is 0.696. The molecule has 0 unspecified atom stereocenters. The second kappa shape index (κ2) is 10.7. The van der Waals surface area contributed by atoms with Crippen molar-refractivity contribution in [2.24, 2.45) is 5.73 Å². The number of benzene rings is 2. The highest BCUT2D eigenvalue weighted by Gasteiger charge is 2.19. The summed E-state index contributed by atoms with van der Waals surface area (Å²) in [5, 5.41) is 5.96. The van der Waals surface area contributed by atoms with Crippen LogP contribution in [-0.4, -0.2) is 35.8 Å². The standard InChI is InChI=1S/C20H22Cl2N4O3/c1-2-9-26(12-18(27)25-17-8-7-15(21)10-16(17)22)19(28)14-5-3-13(4-6-14)11-24-20(23)29/h3-8,10H,2,9,11-12H2,1H3,(H,25,27)(H3,23,24,29).